The number of carbonyl (C=O) groups excluding carboxylic acids is 1. The SMILES string of the molecule is O=C(O)c1ccc(Cc2c3c(cc4c2C2(CO4)C(=O)Nc4ccccc42)OCC3)cc1. The summed E-state index contributed by atoms with van der Waals surface area (Å²) in [5.74, 6) is 0.464. The van der Waals surface area contributed by atoms with Crippen LogP contribution in [-0.4, -0.2) is 30.2 Å². The standard InChI is InChI=1S/C25H19NO5/c27-23(28)15-7-5-14(6-8-15)11-17-16-9-10-30-20(16)12-21-22(17)25(13-31-21)18-3-1-2-4-19(18)26-24(25)29/h1-8,12H,9-11,13H2,(H,26,29)(H,27,28). The molecule has 0 aliphatic carbocycles. The van der Waals surface area contributed by atoms with Gasteiger partial charge in [0.2, 0.25) is 5.91 Å². The van der Waals surface area contributed by atoms with Crippen LogP contribution in [0, 0.1) is 0 Å². The maximum absolute atomic E-state index is 13.4. The quantitative estimate of drug-likeness (QED) is 0.686. The highest BCUT2D eigenvalue weighted by Crippen LogP contribution is 2.54. The van der Waals surface area contributed by atoms with E-state index in [1.54, 1.807) is 12.1 Å². The van der Waals surface area contributed by atoms with Gasteiger partial charge in [0.25, 0.3) is 0 Å². The molecular formula is C25H19NO5. The third-order valence-electron chi connectivity index (χ3n) is 6.56. The molecule has 3 aliphatic rings. The lowest BCUT2D eigenvalue weighted by atomic mass is 9.73. The van der Waals surface area contributed by atoms with Crippen LogP contribution in [0.25, 0.3) is 0 Å². The number of nitrogens with one attached hydrogen (secondary N) is 1. The molecule has 0 aromatic heterocycles. The maximum Gasteiger partial charge on any atom is 0.335 e. The monoisotopic (exact) mass is 413 g/mol. The van der Waals surface area contributed by atoms with Crippen molar-refractivity contribution in [3.05, 3.63) is 88.0 Å². The second-order valence-electron chi connectivity index (χ2n) is 8.18. The first-order valence-electron chi connectivity index (χ1n) is 10.3. The second kappa shape index (κ2) is 6.35. The molecule has 154 valence electrons. The van der Waals surface area contributed by atoms with Crippen LogP contribution in [0.1, 0.15) is 38.2 Å². The van der Waals surface area contributed by atoms with Gasteiger partial charge in [-0.25, -0.2) is 4.79 Å². The van der Waals surface area contributed by atoms with Crippen LogP contribution in [0.2, 0.25) is 0 Å². The fourth-order valence-corrected chi connectivity index (χ4v) is 5.10. The number of carbonyl (C=O) groups is 2. The van der Waals surface area contributed by atoms with E-state index in [1.165, 1.54) is 0 Å². The van der Waals surface area contributed by atoms with Gasteiger partial charge in [-0.2, -0.15) is 0 Å². The molecule has 3 aliphatic heterocycles. The first-order chi connectivity index (χ1) is 15.1. The highest BCUT2D eigenvalue weighted by atomic mass is 16.5. The van der Waals surface area contributed by atoms with Crippen LogP contribution < -0.4 is 14.8 Å². The van der Waals surface area contributed by atoms with Gasteiger partial charge in [-0.3, -0.25) is 4.79 Å². The average molecular weight is 413 g/mol. The van der Waals surface area contributed by atoms with E-state index in [9.17, 15) is 14.7 Å². The van der Waals surface area contributed by atoms with Crippen molar-refractivity contribution < 1.29 is 24.2 Å². The molecule has 3 aromatic carbocycles. The largest absolute Gasteiger partial charge is 0.493 e. The summed E-state index contributed by atoms with van der Waals surface area (Å²) in [7, 11) is 0. The minimum Gasteiger partial charge on any atom is -0.493 e. The Balaban J connectivity index is 1.55. The molecular weight excluding hydrogens is 394 g/mol. The normalized spacial score (nSPS) is 19.9. The Kier molecular flexibility index (Phi) is 3.69. The number of carboxylic acid groups (broad SMARTS) is 1. The summed E-state index contributed by atoms with van der Waals surface area (Å²) < 4.78 is 11.9. The van der Waals surface area contributed by atoms with Crippen molar-refractivity contribution in [1.29, 1.82) is 0 Å². The smallest absolute Gasteiger partial charge is 0.335 e. The van der Waals surface area contributed by atoms with Crippen molar-refractivity contribution in [2.45, 2.75) is 18.3 Å². The van der Waals surface area contributed by atoms with E-state index in [1.807, 2.05) is 42.5 Å². The Morgan fingerprint density at radius 3 is 2.68 bits per heavy atom. The van der Waals surface area contributed by atoms with Crippen molar-refractivity contribution in [3.8, 4) is 11.5 Å². The van der Waals surface area contributed by atoms with E-state index in [2.05, 4.69) is 5.32 Å². The highest BCUT2D eigenvalue weighted by molar-refractivity contribution is 6.10. The summed E-state index contributed by atoms with van der Waals surface area (Å²) in [5.41, 5.74) is 5.13. The zero-order chi connectivity index (χ0) is 21.2. The zero-order valence-corrected chi connectivity index (χ0v) is 16.6. The van der Waals surface area contributed by atoms with E-state index in [-0.39, 0.29) is 18.1 Å². The molecule has 3 heterocycles. The first kappa shape index (κ1) is 18.0. The molecule has 1 unspecified atom stereocenters. The number of ether oxygens (including phenoxy) is 2. The zero-order valence-electron chi connectivity index (χ0n) is 16.6. The molecule has 1 amide bonds. The summed E-state index contributed by atoms with van der Waals surface area (Å²) in [4.78, 5) is 24.6. The van der Waals surface area contributed by atoms with E-state index >= 15 is 0 Å². The van der Waals surface area contributed by atoms with Gasteiger partial charge >= 0.3 is 5.97 Å². The van der Waals surface area contributed by atoms with Crippen molar-refractivity contribution in [2.75, 3.05) is 18.5 Å². The molecule has 0 fully saturated rings. The van der Waals surface area contributed by atoms with Crippen molar-refractivity contribution in [2.24, 2.45) is 0 Å². The number of hydrogen-bond donors (Lipinski definition) is 2. The molecule has 0 saturated heterocycles. The van der Waals surface area contributed by atoms with Crippen LogP contribution in [0.4, 0.5) is 5.69 Å². The Morgan fingerprint density at radius 2 is 1.87 bits per heavy atom. The third kappa shape index (κ3) is 2.45. The molecule has 1 atom stereocenters. The van der Waals surface area contributed by atoms with Crippen LogP contribution in [0.5, 0.6) is 11.5 Å². The number of carboxylic acids is 1. The number of fused-ring (bicyclic) bond motifs is 5. The fraction of sp³-hybridized carbons (Fsp3) is 0.200. The number of aromatic carboxylic acids is 1. The Bertz CT molecular complexity index is 1260. The lowest BCUT2D eigenvalue weighted by Crippen LogP contribution is -2.38. The predicted octanol–water partition coefficient (Wildman–Crippen LogP) is 3.54. The van der Waals surface area contributed by atoms with Crippen LogP contribution >= 0.6 is 0 Å². The molecule has 6 nitrogen and oxygen atoms in total. The van der Waals surface area contributed by atoms with Gasteiger partial charge < -0.3 is 19.9 Å². The van der Waals surface area contributed by atoms with Crippen molar-refractivity contribution >= 4 is 17.6 Å². The molecule has 1 spiro atoms. The number of hydrogen-bond acceptors (Lipinski definition) is 4. The minimum atomic E-state index is -0.951. The summed E-state index contributed by atoms with van der Waals surface area (Å²) >= 11 is 0. The number of rotatable bonds is 3. The minimum absolute atomic E-state index is 0.0752. The summed E-state index contributed by atoms with van der Waals surface area (Å²) in [6.45, 7) is 0.845. The molecule has 2 N–H and O–H groups in total. The number of anilines is 1. The van der Waals surface area contributed by atoms with E-state index < -0.39 is 11.4 Å². The molecule has 6 heteroatoms. The van der Waals surface area contributed by atoms with E-state index in [0.29, 0.717) is 18.8 Å². The Morgan fingerprint density at radius 1 is 1.06 bits per heavy atom. The summed E-state index contributed by atoms with van der Waals surface area (Å²) in [6.07, 6.45) is 1.33. The predicted molar refractivity (Wildman–Crippen MR) is 113 cm³/mol. The van der Waals surface area contributed by atoms with Gasteiger partial charge in [0.05, 0.1) is 12.2 Å². The molecule has 3 aromatic rings. The molecule has 0 bridgehead atoms. The molecule has 6 rings (SSSR count). The Labute approximate surface area is 178 Å². The lowest BCUT2D eigenvalue weighted by molar-refractivity contribution is -0.119. The number of para-hydroxylation sites is 1. The summed E-state index contributed by atoms with van der Waals surface area (Å²) in [6, 6.07) is 16.6. The van der Waals surface area contributed by atoms with Gasteiger partial charge in [-0.1, -0.05) is 30.3 Å². The van der Waals surface area contributed by atoms with Crippen LogP contribution in [-0.2, 0) is 23.1 Å². The second-order valence-corrected chi connectivity index (χ2v) is 8.18. The van der Waals surface area contributed by atoms with Gasteiger partial charge in [0, 0.05) is 29.3 Å². The summed E-state index contributed by atoms with van der Waals surface area (Å²) in [5, 5.41) is 12.2. The maximum atomic E-state index is 13.4. The van der Waals surface area contributed by atoms with Gasteiger partial charge in [0.15, 0.2) is 0 Å². The molecule has 0 radical (unpaired) electrons. The van der Waals surface area contributed by atoms with Crippen LogP contribution in [0.3, 0.4) is 0 Å². The number of amides is 1. The van der Waals surface area contributed by atoms with E-state index in [4.69, 9.17) is 9.47 Å². The Hall–Kier alpha value is -3.80. The lowest BCUT2D eigenvalue weighted by Gasteiger charge is -2.24. The van der Waals surface area contributed by atoms with E-state index in [0.717, 1.165) is 45.7 Å². The van der Waals surface area contributed by atoms with Crippen molar-refractivity contribution in [1.82, 2.24) is 0 Å². The average Bonchev–Trinajstić information content (AvgIpc) is 3.46. The van der Waals surface area contributed by atoms with Gasteiger partial charge in [-0.15, -0.1) is 0 Å². The molecule has 0 saturated carbocycles. The van der Waals surface area contributed by atoms with Crippen LogP contribution in [0.15, 0.2) is 54.6 Å². The molecule has 31 heavy (non-hydrogen) atoms. The number of benzene rings is 3. The third-order valence-corrected chi connectivity index (χ3v) is 6.56. The first-order valence-corrected chi connectivity index (χ1v) is 10.3. The highest BCUT2D eigenvalue weighted by Gasteiger charge is 2.55. The van der Waals surface area contributed by atoms with Gasteiger partial charge in [0.1, 0.15) is 23.5 Å². The van der Waals surface area contributed by atoms with Crippen molar-refractivity contribution in [3.63, 3.8) is 0 Å². The topological polar surface area (TPSA) is 84.9 Å². The van der Waals surface area contributed by atoms with Gasteiger partial charge in [-0.05, 0) is 41.3 Å². The fourth-order valence-electron chi connectivity index (χ4n) is 5.10.